The summed E-state index contributed by atoms with van der Waals surface area (Å²) in [6.45, 7) is 3.59. The Kier molecular flexibility index (Phi) is 5.21. The highest BCUT2D eigenvalue weighted by Gasteiger charge is 2.22. The second-order valence-corrected chi connectivity index (χ2v) is 5.88. The molecule has 0 aromatic carbocycles. The second kappa shape index (κ2) is 6.72. The van der Waals surface area contributed by atoms with E-state index in [1.165, 1.54) is 12.1 Å². The molecule has 1 N–H and O–H groups in total. The van der Waals surface area contributed by atoms with E-state index in [1.54, 1.807) is 0 Å². The fraction of sp³-hybridized carbons (Fsp3) is 0.538. The molecule has 0 aliphatic carbocycles. The van der Waals surface area contributed by atoms with Gasteiger partial charge in [0.05, 0.1) is 0 Å². The Hall–Kier alpha value is -0.880. The first-order valence-electron chi connectivity index (χ1n) is 6.46. The molecule has 0 radical (unpaired) electrons. The van der Waals surface area contributed by atoms with Gasteiger partial charge in [0.2, 0.25) is 0 Å². The highest BCUT2D eigenvalue weighted by atomic mass is 35.5. The van der Waals surface area contributed by atoms with Gasteiger partial charge >= 0.3 is 0 Å². The highest BCUT2D eigenvalue weighted by Crippen LogP contribution is 2.14. The van der Waals surface area contributed by atoms with Crippen LogP contribution < -0.4 is 5.32 Å². The zero-order chi connectivity index (χ0) is 14.7. The Balaban J connectivity index is 1.94. The second-order valence-electron chi connectivity index (χ2n) is 5.11. The van der Waals surface area contributed by atoms with Crippen LogP contribution in [0.15, 0.2) is 12.1 Å². The summed E-state index contributed by atoms with van der Waals surface area (Å²) in [5, 5.41) is 3.36. The molecule has 1 unspecified atom stereocenters. The standard InChI is InChI=1S/C13H18Cl2N4O/c1-18-3-4-19(2)10(8-18)7-16-13(20)9-5-11(14)17-12(15)6-9/h5-6,10H,3-4,7-8H2,1-2H3,(H,16,20). The predicted molar refractivity (Wildman–Crippen MR) is 80.5 cm³/mol. The van der Waals surface area contributed by atoms with Crippen molar-refractivity contribution in [1.82, 2.24) is 20.1 Å². The molecule has 7 heteroatoms. The zero-order valence-electron chi connectivity index (χ0n) is 11.6. The summed E-state index contributed by atoms with van der Waals surface area (Å²) in [7, 11) is 4.16. The molecule has 1 aliphatic heterocycles. The number of hydrogen-bond donors (Lipinski definition) is 1. The summed E-state index contributed by atoms with van der Waals surface area (Å²) in [6.07, 6.45) is 0. The number of rotatable bonds is 3. The molecule has 1 amide bonds. The van der Waals surface area contributed by atoms with Crippen molar-refractivity contribution in [3.05, 3.63) is 28.0 Å². The number of pyridine rings is 1. The van der Waals surface area contributed by atoms with E-state index in [2.05, 4.69) is 34.2 Å². The van der Waals surface area contributed by atoms with Crippen LogP contribution >= 0.6 is 23.2 Å². The summed E-state index contributed by atoms with van der Waals surface area (Å²) in [4.78, 5) is 20.4. The molecule has 1 aliphatic rings. The van der Waals surface area contributed by atoms with Crippen LogP contribution in [0.1, 0.15) is 10.4 Å². The molecule has 5 nitrogen and oxygen atoms in total. The van der Waals surface area contributed by atoms with E-state index in [0.717, 1.165) is 19.6 Å². The Labute approximate surface area is 128 Å². The van der Waals surface area contributed by atoms with E-state index >= 15 is 0 Å². The molecular formula is C13H18Cl2N4O. The van der Waals surface area contributed by atoms with Crippen molar-refractivity contribution in [2.24, 2.45) is 0 Å². The number of halogens is 2. The van der Waals surface area contributed by atoms with Gasteiger partial charge in [-0.2, -0.15) is 0 Å². The molecule has 2 rings (SSSR count). The Morgan fingerprint density at radius 2 is 2.00 bits per heavy atom. The lowest BCUT2D eigenvalue weighted by atomic mass is 10.1. The Morgan fingerprint density at radius 1 is 1.35 bits per heavy atom. The molecule has 0 saturated carbocycles. The Bertz CT molecular complexity index is 477. The number of hydrogen-bond acceptors (Lipinski definition) is 4. The van der Waals surface area contributed by atoms with Crippen LogP contribution in [0, 0.1) is 0 Å². The van der Waals surface area contributed by atoms with Gasteiger partial charge < -0.3 is 10.2 Å². The molecule has 0 spiro atoms. The summed E-state index contributed by atoms with van der Waals surface area (Å²) < 4.78 is 0. The number of aromatic nitrogens is 1. The van der Waals surface area contributed by atoms with Gasteiger partial charge in [-0.05, 0) is 26.2 Å². The van der Waals surface area contributed by atoms with Gasteiger partial charge in [-0.1, -0.05) is 23.2 Å². The van der Waals surface area contributed by atoms with Gasteiger partial charge in [-0.25, -0.2) is 4.98 Å². The molecule has 20 heavy (non-hydrogen) atoms. The van der Waals surface area contributed by atoms with Crippen LogP contribution in [0.2, 0.25) is 10.3 Å². The summed E-state index contributed by atoms with van der Waals surface area (Å²) in [6, 6.07) is 3.34. The average Bonchev–Trinajstić information content (AvgIpc) is 2.38. The van der Waals surface area contributed by atoms with Crippen LogP contribution in [-0.2, 0) is 0 Å². The third-order valence-corrected chi connectivity index (χ3v) is 3.89. The lowest BCUT2D eigenvalue weighted by Gasteiger charge is -2.37. The number of piperazine rings is 1. The van der Waals surface area contributed by atoms with Crippen LogP contribution in [0.4, 0.5) is 0 Å². The molecule has 2 heterocycles. The molecule has 1 aromatic rings. The zero-order valence-corrected chi connectivity index (χ0v) is 13.1. The maximum atomic E-state index is 12.1. The number of amides is 1. The first kappa shape index (κ1) is 15.5. The van der Waals surface area contributed by atoms with Gasteiger partial charge in [0, 0.05) is 37.8 Å². The van der Waals surface area contributed by atoms with E-state index in [1.807, 2.05) is 0 Å². The van der Waals surface area contributed by atoms with Crippen LogP contribution in [0.25, 0.3) is 0 Å². The molecule has 1 atom stereocenters. The normalized spacial score (nSPS) is 20.9. The van der Waals surface area contributed by atoms with Gasteiger partial charge in [0.1, 0.15) is 10.3 Å². The first-order chi connectivity index (χ1) is 9.45. The molecule has 110 valence electrons. The lowest BCUT2D eigenvalue weighted by Crippen LogP contribution is -2.54. The number of nitrogens with one attached hydrogen (secondary N) is 1. The largest absolute Gasteiger partial charge is 0.350 e. The van der Waals surface area contributed by atoms with E-state index in [-0.39, 0.29) is 16.2 Å². The van der Waals surface area contributed by atoms with Gasteiger partial charge in [0.15, 0.2) is 0 Å². The molecule has 0 bridgehead atoms. The third-order valence-electron chi connectivity index (χ3n) is 3.50. The first-order valence-corrected chi connectivity index (χ1v) is 7.21. The SMILES string of the molecule is CN1CCN(C)C(CNC(=O)c2cc(Cl)nc(Cl)c2)C1. The van der Waals surface area contributed by atoms with E-state index in [9.17, 15) is 4.79 Å². The monoisotopic (exact) mass is 316 g/mol. The third kappa shape index (κ3) is 4.06. The summed E-state index contributed by atoms with van der Waals surface area (Å²) in [5.41, 5.74) is 0.432. The highest BCUT2D eigenvalue weighted by molar-refractivity contribution is 6.33. The topological polar surface area (TPSA) is 48.5 Å². The van der Waals surface area contributed by atoms with Crippen LogP contribution in [0.5, 0.6) is 0 Å². The quantitative estimate of drug-likeness (QED) is 0.856. The molecule has 1 saturated heterocycles. The van der Waals surface area contributed by atoms with Crippen molar-refractivity contribution in [2.45, 2.75) is 6.04 Å². The molecule has 1 aromatic heterocycles. The molecular weight excluding hydrogens is 299 g/mol. The van der Waals surface area contributed by atoms with Crippen molar-refractivity contribution in [3.8, 4) is 0 Å². The van der Waals surface area contributed by atoms with Crippen molar-refractivity contribution < 1.29 is 4.79 Å². The number of carbonyl (C=O) groups excluding carboxylic acids is 1. The van der Waals surface area contributed by atoms with Gasteiger partial charge in [0.25, 0.3) is 5.91 Å². The van der Waals surface area contributed by atoms with Crippen LogP contribution in [0.3, 0.4) is 0 Å². The van der Waals surface area contributed by atoms with Crippen LogP contribution in [-0.4, -0.2) is 67.0 Å². The predicted octanol–water partition coefficient (Wildman–Crippen LogP) is 1.36. The number of likely N-dealkylation sites (N-methyl/N-ethyl adjacent to an activating group) is 2. The smallest absolute Gasteiger partial charge is 0.251 e. The number of carbonyl (C=O) groups is 1. The Morgan fingerprint density at radius 3 is 2.65 bits per heavy atom. The maximum absolute atomic E-state index is 12.1. The van der Waals surface area contributed by atoms with Crippen molar-refractivity contribution in [1.29, 1.82) is 0 Å². The maximum Gasteiger partial charge on any atom is 0.251 e. The minimum absolute atomic E-state index is 0.183. The van der Waals surface area contributed by atoms with E-state index in [4.69, 9.17) is 23.2 Å². The van der Waals surface area contributed by atoms with Crippen molar-refractivity contribution >= 4 is 29.1 Å². The van der Waals surface area contributed by atoms with E-state index < -0.39 is 0 Å². The lowest BCUT2D eigenvalue weighted by molar-refractivity contribution is 0.0881. The minimum Gasteiger partial charge on any atom is -0.350 e. The average molecular weight is 317 g/mol. The van der Waals surface area contributed by atoms with Crippen molar-refractivity contribution in [2.75, 3.05) is 40.3 Å². The summed E-state index contributed by atoms with van der Waals surface area (Å²) >= 11 is 11.6. The van der Waals surface area contributed by atoms with Gasteiger partial charge in [-0.3, -0.25) is 9.69 Å². The minimum atomic E-state index is -0.183. The summed E-state index contributed by atoms with van der Waals surface area (Å²) in [5.74, 6) is -0.183. The van der Waals surface area contributed by atoms with E-state index in [0.29, 0.717) is 18.2 Å². The van der Waals surface area contributed by atoms with Gasteiger partial charge in [-0.15, -0.1) is 0 Å². The fourth-order valence-electron chi connectivity index (χ4n) is 2.23. The van der Waals surface area contributed by atoms with Crippen molar-refractivity contribution in [3.63, 3.8) is 0 Å². The molecule has 1 fully saturated rings. The fourth-order valence-corrected chi connectivity index (χ4v) is 2.69. The number of nitrogens with zero attached hydrogens (tertiary/aromatic N) is 3.